The first kappa shape index (κ1) is 15.0. The molecule has 1 saturated carbocycles. The van der Waals surface area contributed by atoms with E-state index in [-0.39, 0.29) is 17.3 Å². The SMILES string of the molecule is CCn1c(=O)c2c(nc(C3CC3)n2CCN)n(C(C)C)c1=O. The molecular formula is C15H23N5O2. The molecule has 0 amide bonds. The molecule has 1 fully saturated rings. The van der Waals surface area contributed by atoms with Gasteiger partial charge in [0.1, 0.15) is 5.82 Å². The second-order valence-corrected chi connectivity index (χ2v) is 6.15. The number of imidazole rings is 1. The maximum absolute atomic E-state index is 12.8. The highest BCUT2D eigenvalue weighted by atomic mass is 16.2. The average Bonchev–Trinajstić information content (AvgIpc) is 3.23. The van der Waals surface area contributed by atoms with Crippen molar-refractivity contribution in [1.82, 2.24) is 18.7 Å². The average molecular weight is 305 g/mol. The third-order valence-corrected chi connectivity index (χ3v) is 4.22. The van der Waals surface area contributed by atoms with Crippen LogP contribution < -0.4 is 17.0 Å². The van der Waals surface area contributed by atoms with Crippen molar-refractivity contribution in [3.8, 4) is 0 Å². The lowest BCUT2D eigenvalue weighted by Gasteiger charge is -2.14. The summed E-state index contributed by atoms with van der Waals surface area (Å²) in [6.07, 6.45) is 2.17. The lowest BCUT2D eigenvalue weighted by molar-refractivity contribution is 0.532. The van der Waals surface area contributed by atoms with E-state index >= 15 is 0 Å². The van der Waals surface area contributed by atoms with Gasteiger partial charge in [0.05, 0.1) is 0 Å². The van der Waals surface area contributed by atoms with Gasteiger partial charge in [-0.2, -0.15) is 0 Å². The maximum atomic E-state index is 12.8. The number of nitrogens with zero attached hydrogens (tertiary/aromatic N) is 4. The predicted octanol–water partition coefficient (Wildman–Crippen LogP) is 0.797. The van der Waals surface area contributed by atoms with E-state index in [9.17, 15) is 9.59 Å². The summed E-state index contributed by atoms with van der Waals surface area (Å²) in [5.41, 5.74) is 6.20. The summed E-state index contributed by atoms with van der Waals surface area (Å²) in [4.78, 5) is 30.0. The number of fused-ring (bicyclic) bond motifs is 1. The van der Waals surface area contributed by atoms with E-state index in [1.165, 1.54) is 4.57 Å². The number of aromatic nitrogens is 4. The molecule has 1 aliphatic carbocycles. The molecule has 3 rings (SSSR count). The van der Waals surface area contributed by atoms with E-state index in [2.05, 4.69) is 4.98 Å². The van der Waals surface area contributed by atoms with Gasteiger partial charge in [-0.05, 0) is 33.6 Å². The summed E-state index contributed by atoms with van der Waals surface area (Å²) in [5, 5.41) is 0. The van der Waals surface area contributed by atoms with Crippen LogP contribution in [0.2, 0.25) is 0 Å². The molecule has 2 aromatic rings. The fraction of sp³-hybridized carbons (Fsp3) is 0.667. The summed E-state index contributed by atoms with van der Waals surface area (Å²) in [5.74, 6) is 1.30. The zero-order chi connectivity index (χ0) is 16.0. The monoisotopic (exact) mass is 305 g/mol. The molecule has 120 valence electrons. The Morgan fingerprint density at radius 2 is 1.95 bits per heavy atom. The van der Waals surface area contributed by atoms with Gasteiger partial charge in [-0.3, -0.25) is 13.9 Å². The first-order valence-electron chi connectivity index (χ1n) is 7.96. The zero-order valence-electron chi connectivity index (χ0n) is 13.4. The van der Waals surface area contributed by atoms with Crippen LogP contribution in [0.25, 0.3) is 11.2 Å². The Morgan fingerprint density at radius 1 is 1.27 bits per heavy atom. The summed E-state index contributed by atoms with van der Waals surface area (Å²) in [6.45, 7) is 7.03. The molecule has 0 bridgehead atoms. The number of hydrogen-bond acceptors (Lipinski definition) is 4. The second-order valence-electron chi connectivity index (χ2n) is 6.15. The third-order valence-electron chi connectivity index (χ3n) is 4.22. The molecule has 0 atom stereocenters. The standard InChI is InChI=1S/C15H23N5O2/c1-4-18-14(21)11-13(20(9(2)3)15(18)22)17-12(10-5-6-10)19(11)8-7-16/h9-10H,4-8,16H2,1-3H3. The van der Waals surface area contributed by atoms with Crippen molar-refractivity contribution in [1.29, 1.82) is 0 Å². The highest BCUT2D eigenvalue weighted by Crippen LogP contribution is 2.40. The van der Waals surface area contributed by atoms with Crippen LogP contribution in [0, 0.1) is 0 Å². The number of hydrogen-bond donors (Lipinski definition) is 1. The van der Waals surface area contributed by atoms with Crippen LogP contribution in [-0.4, -0.2) is 25.2 Å². The lowest BCUT2D eigenvalue weighted by Crippen LogP contribution is -2.41. The molecule has 22 heavy (non-hydrogen) atoms. The Bertz CT molecular complexity index is 823. The topological polar surface area (TPSA) is 87.8 Å². The Balaban J connectivity index is 2.46. The highest BCUT2D eigenvalue weighted by Gasteiger charge is 2.32. The van der Waals surface area contributed by atoms with E-state index in [1.807, 2.05) is 25.3 Å². The molecule has 0 unspecified atom stereocenters. The largest absolute Gasteiger partial charge is 0.332 e. The Labute approximate surface area is 128 Å². The molecule has 0 aromatic carbocycles. The highest BCUT2D eigenvalue weighted by molar-refractivity contribution is 5.71. The van der Waals surface area contributed by atoms with Gasteiger partial charge in [-0.25, -0.2) is 9.78 Å². The van der Waals surface area contributed by atoms with Crippen molar-refractivity contribution >= 4 is 11.2 Å². The van der Waals surface area contributed by atoms with Gasteiger partial charge < -0.3 is 10.3 Å². The Kier molecular flexibility index (Phi) is 3.68. The van der Waals surface area contributed by atoms with Crippen LogP contribution in [0.4, 0.5) is 0 Å². The van der Waals surface area contributed by atoms with Gasteiger partial charge in [-0.15, -0.1) is 0 Å². The van der Waals surface area contributed by atoms with Crippen molar-refractivity contribution in [2.75, 3.05) is 6.54 Å². The van der Waals surface area contributed by atoms with Crippen LogP contribution in [0.3, 0.4) is 0 Å². The van der Waals surface area contributed by atoms with E-state index in [4.69, 9.17) is 5.73 Å². The van der Waals surface area contributed by atoms with Gasteiger partial charge in [0.2, 0.25) is 0 Å². The second kappa shape index (κ2) is 5.39. The number of nitrogens with two attached hydrogens (primary N) is 1. The molecule has 0 aliphatic heterocycles. The van der Waals surface area contributed by atoms with Crippen molar-refractivity contribution in [2.45, 2.75) is 58.7 Å². The molecule has 2 N–H and O–H groups in total. The number of rotatable bonds is 5. The fourth-order valence-electron chi connectivity index (χ4n) is 3.02. The smallest absolute Gasteiger partial charge is 0.329 e. The fourth-order valence-corrected chi connectivity index (χ4v) is 3.02. The van der Waals surface area contributed by atoms with Crippen LogP contribution in [0.5, 0.6) is 0 Å². The van der Waals surface area contributed by atoms with Gasteiger partial charge in [-0.1, -0.05) is 0 Å². The Hall–Kier alpha value is -1.89. The summed E-state index contributed by atoms with van der Waals surface area (Å²) in [6, 6.07) is -0.0540. The molecular weight excluding hydrogens is 282 g/mol. The van der Waals surface area contributed by atoms with E-state index in [1.54, 1.807) is 4.57 Å². The quantitative estimate of drug-likeness (QED) is 0.885. The summed E-state index contributed by atoms with van der Waals surface area (Å²) >= 11 is 0. The minimum atomic E-state index is -0.283. The van der Waals surface area contributed by atoms with Crippen molar-refractivity contribution in [3.05, 3.63) is 26.7 Å². The summed E-state index contributed by atoms with van der Waals surface area (Å²) in [7, 11) is 0. The van der Waals surface area contributed by atoms with Crippen LogP contribution in [0.15, 0.2) is 9.59 Å². The van der Waals surface area contributed by atoms with Gasteiger partial charge in [0.15, 0.2) is 11.2 Å². The molecule has 2 heterocycles. The van der Waals surface area contributed by atoms with Crippen LogP contribution in [0.1, 0.15) is 51.4 Å². The van der Waals surface area contributed by atoms with Gasteiger partial charge in [0.25, 0.3) is 5.56 Å². The Morgan fingerprint density at radius 3 is 2.45 bits per heavy atom. The van der Waals surface area contributed by atoms with Crippen LogP contribution in [-0.2, 0) is 13.1 Å². The first-order valence-corrected chi connectivity index (χ1v) is 7.96. The van der Waals surface area contributed by atoms with E-state index in [0.29, 0.717) is 36.7 Å². The molecule has 0 saturated heterocycles. The molecule has 7 nitrogen and oxygen atoms in total. The molecule has 0 spiro atoms. The minimum absolute atomic E-state index is 0.0540. The molecule has 7 heteroatoms. The molecule has 1 aliphatic rings. The van der Waals surface area contributed by atoms with Crippen molar-refractivity contribution in [3.63, 3.8) is 0 Å². The predicted molar refractivity (Wildman–Crippen MR) is 85.3 cm³/mol. The lowest BCUT2D eigenvalue weighted by atomic mass is 10.3. The third kappa shape index (κ3) is 2.11. The van der Waals surface area contributed by atoms with Crippen molar-refractivity contribution in [2.24, 2.45) is 5.73 Å². The molecule has 2 aromatic heterocycles. The summed E-state index contributed by atoms with van der Waals surface area (Å²) < 4.78 is 4.84. The van der Waals surface area contributed by atoms with Crippen molar-refractivity contribution < 1.29 is 0 Å². The zero-order valence-corrected chi connectivity index (χ0v) is 13.4. The minimum Gasteiger partial charge on any atom is -0.329 e. The first-order chi connectivity index (χ1) is 10.5. The normalized spacial score (nSPS) is 15.1. The van der Waals surface area contributed by atoms with E-state index < -0.39 is 0 Å². The maximum Gasteiger partial charge on any atom is 0.332 e. The van der Waals surface area contributed by atoms with E-state index in [0.717, 1.165) is 18.7 Å². The van der Waals surface area contributed by atoms with Crippen LogP contribution >= 0.6 is 0 Å². The molecule has 0 radical (unpaired) electrons. The van der Waals surface area contributed by atoms with Gasteiger partial charge >= 0.3 is 5.69 Å². The van der Waals surface area contributed by atoms with Gasteiger partial charge in [0, 0.05) is 31.6 Å².